The van der Waals surface area contributed by atoms with Crippen LogP contribution in [0.3, 0.4) is 0 Å². The summed E-state index contributed by atoms with van der Waals surface area (Å²) in [6.45, 7) is 2.78. The monoisotopic (exact) mass is 151 g/mol. The molecule has 0 spiro atoms. The normalized spacial score (nSPS) is 24.0. The van der Waals surface area contributed by atoms with Gasteiger partial charge in [0.2, 0.25) is 0 Å². The third-order valence-electron chi connectivity index (χ3n) is 2.09. The van der Waals surface area contributed by atoms with Crippen molar-refractivity contribution in [1.29, 1.82) is 0 Å². The molecule has 60 valence electrons. The molecule has 2 heteroatoms. The smallest absolute Gasteiger partial charge is 0.101 e. The highest BCUT2D eigenvalue weighted by molar-refractivity contribution is 5.28. The Bertz CT molecular complexity index is 206. The number of rotatable bonds is 0. The zero-order valence-electron chi connectivity index (χ0n) is 6.60. The topological polar surface area (TPSA) is 21.3 Å². The van der Waals surface area contributed by atoms with E-state index in [4.69, 9.17) is 4.74 Å². The molecule has 0 unspecified atom stereocenters. The van der Waals surface area contributed by atoms with Crippen LogP contribution in [-0.4, -0.2) is 19.7 Å². The molecule has 0 amide bonds. The van der Waals surface area contributed by atoms with Gasteiger partial charge in [-0.15, -0.1) is 0 Å². The van der Waals surface area contributed by atoms with Crippen LogP contribution in [0.5, 0.6) is 0 Å². The molecule has 1 heterocycles. The zero-order valence-corrected chi connectivity index (χ0v) is 6.60. The van der Waals surface area contributed by atoms with E-state index in [-0.39, 0.29) is 0 Å². The second-order valence-electron chi connectivity index (χ2n) is 2.91. The third kappa shape index (κ3) is 1.46. The highest BCUT2D eigenvalue weighted by atomic mass is 16.5. The number of ether oxygens (including phenoxy) is 1. The van der Waals surface area contributed by atoms with Gasteiger partial charge < -0.3 is 10.1 Å². The van der Waals surface area contributed by atoms with Crippen molar-refractivity contribution in [3.8, 4) is 0 Å². The Labute approximate surface area is 66.9 Å². The Balaban J connectivity index is 2.17. The van der Waals surface area contributed by atoms with E-state index in [9.17, 15) is 0 Å². The number of nitrogens with one attached hydrogen (secondary N) is 1. The molecule has 0 aromatic heterocycles. The number of hydrogen-bond acceptors (Lipinski definition) is 2. The van der Waals surface area contributed by atoms with Crippen LogP contribution in [-0.2, 0) is 4.74 Å². The average Bonchev–Trinajstić information content (AvgIpc) is 2.28. The lowest BCUT2D eigenvalue weighted by Crippen LogP contribution is -2.18. The second-order valence-corrected chi connectivity index (χ2v) is 2.91. The third-order valence-corrected chi connectivity index (χ3v) is 2.09. The van der Waals surface area contributed by atoms with Crippen LogP contribution in [0.2, 0.25) is 0 Å². The van der Waals surface area contributed by atoms with Gasteiger partial charge in [-0.25, -0.2) is 0 Å². The van der Waals surface area contributed by atoms with Crippen LogP contribution < -0.4 is 5.32 Å². The predicted molar refractivity (Wildman–Crippen MR) is 44.2 cm³/mol. The molecular weight excluding hydrogens is 138 g/mol. The molecular formula is C9H13NO. The zero-order chi connectivity index (χ0) is 7.52. The van der Waals surface area contributed by atoms with E-state index in [1.807, 2.05) is 0 Å². The molecule has 0 atom stereocenters. The Morgan fingerprint density at radius 1 is 1.45 bits per heavy atom. The van der Waals surface area contributed by atoms with E-state index in [1.165, 1.54) is 11.3 Å². The minimum absolute atomic E-state index is 0.826. The van der Waals surface area contributed by atoms with Crippen molar-refractivity contribution in [2.75, 3.05) is 19.7 Å². The van der Waals surface area contributed by atoms with Gasteiger partial charge in [-0.2, -0.15) is 0 Å². The highest BCUT2D eigenvalue weighted by Crippen LogP contribution is 2.20. The molecule has 0 radical (unpaired) electrons. The molecule has 11 heavy (non-hydrogen) atoms. The van der Waals surface area contributed by atoms with Crippen LogP contribution in [0, 0.1) is 0 Å². The van der Waals surface area contributed by atoms with Gasteiger partial charge in [-0.1, -0.05) is 12.2 Å². The van der Waals surface area contributed by atoms with E-state index in [2.05, 4.69) is 17.5 Å². The standard InChI is InChI=1S/C9H13NO/c1-2-4-9-8(3-1)7-10-5-6-11-9/h1,3,10H,2,4-7H2. The highest BCUT2D eigenvalue weighted by Gasteiger charge is 2.11. The summed E-state index contributed by atoms with van der Waals surface area (Å²) in [5.41, 5.74) is 1.34. The summed E-state index contributed by atoms with van der Waals surface area (Å²) in [4.78, 5) is 0. The van der Waals surface area contributed by atoms with Gasteiger partial charge in [0.25, 0.3) is 0 Å². The van der Waals surface area contributed by atoms with Crippen LogP contribution in [0.25, 0.3) is 0 Å². The van der Waals surface area contributed by atoms with Crippen LogP contribution in [0.4, 0.5) is 0 Å². The molecule has 2 rings (SSSR count). The van der Waals surface area contributed by atoms with Crippen LogP contribution in [0.1, 0.15) is 12.8 Å². The molecule has 1 aliphatic heterocycles. The summed E-state index contributed by atoms with van der Waals surface area (Å²) in [5.74, 6) is 1.21. The van der Waals surface area contributed by atoms with Gasteiger partial charge in [0.05, 0.1) is 0 Å². The van der Waals surface area contributed by atoms with E-state index in [0.29, 0.717) is 0 Å². The van der Waals surface area contributed by atoms with E-state index < -0.39 is 0 Å². The summed E-state index contributed by atoms with van der Waals surface area (Å²) < 4.78 is 5.57. The molecule has 0 fully saturated rings. The van der Waals surface area contributed by atoms with Gasteiger partial charge in [0, 0.05) is 25.1 Å². The molecule has 0 bridgehead atoms. The molecule has 1 N–H and O–H groups in total. The number of hydrogen-bond donors (Lipinski definition) is 1. The summed E-state index contributed by atoms with van der Waals surface area (Å²) >= 11 is 0. The lowest BCUT2D eigenvalue weighted by atomic mass is 10.1. The Morgan fingerprint density at radius 3 is 3.45 bits per heavy atom. The van der Waals surface area contributed by atoms with E-state index in [0.717, 1.165) is 32.5 Å². The first-order valence-electron chi connectivity index (χ1n) is 4.19. The van der Waals surface area contributed by atoms with Gasteiger partial charge in [0.15, 0.2) is 0 Å². The van der Waals surface area contributed by atoms with Crippen molar-refractivity contribution in [1.82, 2.24) is 5.32 Å². The first-order chi connectivity index (χ1) is 5.47. The lowest BCUT2D eigenvalue weighted by Gasteiger charge is -2.12. The largest absolute Gasteiger partial charge is 0.496 e. The summed E-state index contributed by atoms with van der Waals surface area (Å²) in [6.07, 6.45) is 6.62. The average molecular weight is 151 g/mol. The molecule has 0 aromatic rings. The summed E-state index contributed by atoms with van der Waals surface area (Å²) in [7, 11) is 0. The fourth-order valence-corrected chi connectivity index (χ4v) is 1.49. The minimum atomic E-state index is 0.826. The lowest BCUT2D eigenvalue weighted by molar-refractivity contribution is 0.209. The maximum atomic E-state index is 5.57. The van der Waals surface area contributed by atoms with Crippen molar-refractivity contribution < 1.29 is 4.74 Å². The first-order valence-corrected chi connectivity index (χ1v) is 4.19. The van der Waals surface area contributed by atoms with Gasteiger partial charge in [-0.3, -0.25) is 0 Å². The SMILES string of the molecule is C1=CC2=C(CC1)OCCNC2. The van der Waals surface area contributed by atoms with Crippen molar-refractivity contribution >= 4 is 0 Å². The van der Waals surface area contributed by atoms with E-state index >= 15 is 0 Å². The van der Waals surface area contributed by atoms with Crippen LogP contribution in [0.15, 0.2) is 23.5 Å². The van der Waals surface area contributed by atoms with Gasteiger partial charge in [0.1, 0.15) is 12.4 Å². The fraction of sp³-hybridized carbons (Fsp3) is 0.556. The molecule has 0 aromatic carbocycles. The summed E-state index contributed by atoms with van der Waals surface area (Å²) in [5, 5.41) is 3.31. The van der Waals surface area contributed by atoms with E-state index in [1.54, 1.807) is 0 Å². The fourth-order valence-electron chi connectivity index (χ4n) is 1.49. The maximum absolute atomic E-state index is 5.57. The summed E-state index contributed by atoms with van der Waals surface area (Å²) in [6, 6.07) is 0. The number of allylic oxidation sites excluding steroid dienone is 2. The van der Waals surface area contributed by atoms with Crippen molar-refractivity contribution in [3.05, 3.63) is 23.5 Å². The minimum Gasteiger partial charge on any atom is -0.496 e. The molecule has 2 aliphatic rings. The first kappa shape index (κ1) is 6.92. The van der Waals surface area contributed by atoms with Crippen LogP contribution >= 0.6 is 0 Å². The van der Waals surface area contributed by atoms with Gasteiger partial charge >= 0.3 is 0 Å². The second kappa shape index (κ2) is 3.09. The Kier molecular flexibility index (Phi) is 1.95. The predicted octanol–water partition coefficient (Wildman–Crippen LogP) is 1.21. The maximum Gasteiger partial charge on any atom is 0.101 e. The Hall–Kier alpha value is -0.760. The Morgan fingerprint density at radius 2 is 2.45 bits per heavy atom. The van der Waals surface area contributed by atoms with Crippen molar-refractivity contribution in [2.24, 2.45) is 0 Å². The molecule has 1 aliphatic carbocycles. The van der Waals surface area contributed by atoms with Crippen molar-refractivity contribution in [3.63, 3.8) is 0 Å². The molecule has 0 saturated heterocycles. The van der Waals surface area contributed by atoms with Gasteiger partial charge in [-0.05, 0) is 6.42 Å². The molecule has 2 nitrogen and oxygen atoms in total. The quantitative estimate of drug-likeness (QED) is 0.562. The van der Waals surface area contributed by atoms with Crippen molar-refractivity contribution in [2.45, 2.75) is 12.8 Å². The molecule has 0 saturated carbocycles.